The Morgan fingerprint density at radius 1 is 1.15 bits per heavy atom. The normalized spacial score (nSPS) is 11.8. The molecule has 1 N–H and O–H groups in total. The van der Waals surface area contributed by atoms with E-state index in [1.807, 2.05) is 13.8 Å². The Kier molecular flexibility index (Phi) is 5.02. The number of amides is 1. The molecule has 3 aromatic rings. The van der Waals surface area contributed by atoms with E-state index in [4.69, 9.17) is 4.74 Å². The number of carbonyl (C=O) groups excluding carboxylic acids is 1. The van der Waals surface area contributed by atoms with Crippen LogP contribution in [0.4, 0.5) is 4.39 Å². The van der Waals surface area contributed by atoms with E-state index in [2.05, 4.69) is 10.4 Å². The Labute approximate surface area is 151 Å². The zero-order valence-corrected chi connectivity index (χ0v) is 14.9. The van der Waals surface area contributed by atoms with Crippen LogP contribution >= 0.6 is 0 Å². The van der Waals surface area contributed by atoms with E-state index in [1.54, 1.807) is 54.4 Å². The van der Waals surface area contributed by atoms with Crippen molar-refractivity contribution in [3.05, 3.63) is 77.4 Å². The fourth-order valence-electron chi connectivity index (χ4n) is 2.79. The summed E-state index contributed by atoms with van der Waals surface area (Å²) in [6.07, 6.45) is 1.72. The first-order chi connectivity index (χ1) is 12.5. The number of hydrogen-bond acceptors (Lipinski definition) is 3. The lowest BCUT2D eigenvalue weighted by molar-refractivity contribution is 0.0940. The summed E-state index contributed by atoms with van der Waals surface area (Å²) in [4.78, 5) is 12.4. The number of nitrogens with zero attached hydrogens (tertiary/aromatic N) is 2. The van der Waals surface area contributed by atoms with Crippen molar-refractivity contribution in [2.75, 3.05) is 7.11 Å². The zero-order valence-electron chi connectivity index (χ0n) is 14.9. The van der Waals surface area contributed by atoms with Crippen molar-refractivity contribution in [3.8, 4) is 11.4 Å². The third kappa shape index (κ3) is 3.59. The van der Waals surface area contributed by atoms with Crippen molar-refractivity contribution in [2.45, 2.75) is 19.9 Å². The van der Waals surface area contributed by atoms with Gasteiger partial charge in [0.25, 0.3) is 5.91 Å². The molecule has 1 aromatic heterocycles. The number of rotatable bonds is 5. The molecule has 26 heavy (non-hydrogen) atoms. The molecule has 0 saturated carbocycles. The van der Waals surface area contributed by atoms with E-state index in [1.165, 1.54) is 12.1 Å². The molecule has 6 heteroatoms. The smallest absolute Gasteiger partial charge is 0.251 e. The molecule has 0 fully saturated rings. The van der Waals surface area contributed by atoms with Crippen LogP contribution in [0, 0.1) is 12.7 Å². The average molecular weight is 353 g/mol. The van der Waals surface area contributed by atoms with Gasteiger partial charge < -0.3 is 10.1 Å². The van der Waals surface area contributed by atoms with Gasteiger partial charge in [-0.2, -0.15) is 5.10 Å². The highest BCUT2D eigenvalue weighted by Gasteiger charge is 2.17. The molecule has 0 saturated heterocycles. The maximum Gasteiger partial charge on any atom is 0.251 e. The lowest BCUT2D eigenvalue weighted by Crippen LogP contribution is -2.26. The SMILES string of the molecule is COc1ccc(C(=O)NC(C)c2cnn(-c3ccc(F)cc3)c2C)cc1. The number of hydrogen-bond donors (Lipinski definition) is 1. The van der Waals surface area contributed by atoms with Gasteiger partial charge in [-0.05, 0) is 62.4 Å². The molecule has 0 aliphatic rings. The molecule has 0 radical (unpaired) electrons. The number of methoxy groups -OCH3 is 1. The minimum Gasteiger partial charge on any atom is -0.497 e. The van der Waals surface area contributed by atoms with E-state index < -0.39 is 0 Å². The Morgan fingerprint density at radius 2 is 1.81 bits per heavy atom. The summed E-state index contributed by atoms with van der Waals surface area (Å²) in [7, 11) is 1.58. The first kappa shape index (κ1) is 17.7. The van der Waals surface area contributed by atoms with E-state index in [9.17, 15) is 9.18 Å². The van der Waals surface area contributed by atoms with Gasteiger partial charge in [-0.1, -0.05) is 0 Å². The lowest BCUT2D eigenvalue weighted by atomic mass is 10.1. The first-order valence-electron chi connectivity index (χ1n) is 8.25. The second-order valence-corrected chi connectivity index (χ2v) is 6.00. The van der Waals surface area contributed by atoms with Gasteiger partial charge >= 0.3 is 0 Å². The Morgan fingerprint density at radius 3 is 2.42 bits per heavy atom. The number of ether oxygens (including phenoxy) is 1. The Balaban J connectivity index is 1.76. The van der Waals surface area contributed by atoms with Gasteiger partial charge in [0, 0.05) is 16.8 Å². The van der Waals surface area contributed by atoms with Crippen molar-refractivity contribution in [1.82, 2.24) is 15.1 Å². The maximum atomic E-state index is 13.1. The van der Waals surface area contributed by atoms with Crippen LogP contribution in [0.5, 0.6) is 5.75 Å². The number of benzene rings is 2. The number of halogens is 1. The highest BCUT2D eigenvalue weighted by atomic mass is 19.1. The van der Waals surface area contributed by atoms with Crippen LogP contribution in [0.1, 0.15) is 34.6 Å². The quantitative estimate of drug-likeness (QED) is 0.759. The van der Waals surface area contributed by atoms with Crippen LogP contribution in [0.15, 0.2) is 54.7 Å². The van der Waals surface area contributed by atoms with Crippen molar-refractivity contribution in [3.63, 3.8) is 0 Å². The van der Waals surface area contributed by atoms with E-state index in [-0.39, 0.29) is 17.8 Å². The number of carbonyl (C=O) groups is 1. The summed E-state index contributed by atoms with van der Waals surface area (Å²) in [6, 6.07) is 12.8. The molecule has 1 amide bonds. The molecule has 1 heterocycles. The van der Waals surface area contributed by atoms with Gasteiger partial charge in [0.05, 0.1) is 25.0 Å². The summed E-state index contributed by atoms with van der Waals surface area (Å²) < 4.78 is 19.9. The largest absolute Gasteiger partial charge is 0.497 e. The van der Waals surface area contributed by atoms with E-state index >= 15 is 0 Å². The van der Waals surface area contributed by atoms with Crippen LogP contribution in [-0.2, 0) is 0 Å². The fourth-order valence-corrected chi connectivity index (χ4v) is 2.79. The molecular weight excluding hydrogens is 333 g/mol. The van der Waals surface area contributed by atoms with Crippen molar-refractivity contribution in [2.24, 2.45) is 0 Å². The van der Waals surface area contributed by atoms with Gasteiger partial charge in [0.2, 0.25) is 0 Å². The predicted octanol–water partition coefficient (Wildman–Crippen LogP) is 3.82. The summed E-state index contributed by atoms with van der Waals surface area (Å²) in [5.74, 6) is 0.235. The topological polar surface area (TPSA) is 56.1 Å². The lowest BCUT2D eigenvalue weighted by Gasteiger charge is -2.14. The molecule has 134 valence electrons. The molecule has 0 bridgehead atoms. The van der Waals surface area contributed by atoms with Crippen LogP contribution in [0.2, 0.25) is 0 Å². The minimum absolute atomic E-state index is 0.172. The minimum atomic E-state index is -0.293. The van der Waals surface area contributed by atoms with Crippen LogP contribution in [-0.4, -0.2) is 22.8 Å². The van der Waals surface area contributed by atoms with Gasteiger partial charge in [-0.3, -0.25) is 4.79 Å². The molecule has 1 unspecified atom stereocenters. The zero-order chi connectivity index (χ0) is 18.7. The Hall–Kier alpha value is -3.15. The van der Waals surface area contributed by atoms with Crippen LogP contribution in [0.3, 0.4) is 0 Å². The molecule has 0 aliphatic heterocycles. The summed E-state index contributed by atoms with van der Waals surface area (Å²) >= 11 is 0. The van der Waals surface area contributed by atoms with Crippen molar-refractivity contribution < 1.29 is 13.9 Å². The Bertz CT molecular complexity index is 902. The van der Waals surface area contributed by atoms with Crippen LogP contribution < -0.4 is 10.1 Å². The fraction of sp³-hybridized carbons (Fsp3) is 0.200. The third-order valence-corrected chi connectivity index (χ3v) is 4.29. The molecular formula is C20H20FN3O2. The molecule has 2 aromatic carbocycles. The maximum absolute atomic E-state index is 13.1. The van der Waals surface area contributed by atoms with Gasteiger partial charge in [0.15, 0.2) is 0 Å². The average Bonchev–Trinajstić information content (AvgIpc) is 3.04. The predicted molar refractivity (Wildman–Crippen MR) is 97.1 cm³/mol. The number of aromatic nitrogens is 2. The van der Waals surface area contributed by atoms with Gasteiger partial charge in [-0.15, -0.1) is 0 Å². The third-order valence-electron chi connectivity index (χ3n) is 4.29. The van der Waals surface area contributed by atoms with Gasteiger partial charge in [-0.25, -0.2) is 9.07 Å². The highest BCUT2D eigenvalue weighted by Crippen LogP contribution is 2.21. The first-order valence-corrected chi connectivity index (χ1v) is 8.25. The molecule has 3 rings (SSSR count). The highest BCUT2D eigenvalue weighted by molar-refractivity contribution is 5.94. The van der Waals surface area contributed by atoms with E-state index in [0.29, 0.717) is 11.3 Å². The summed E-state index contributed by atoms with van der Waals surface area (Å²) in [6.45, 7) is 3.82. The monoisotopic (exact) mass is 353 g/mol. The standard InChI is InChI=1S/C20H20FN3O2/c1-13(23-20(25)15-4-10-18(26-3)11-5-15)19-12-22-24(14(19)2)17-8-6-16(21)7-9-17/h4-13H,1-3H3,(H,23,25). The van der Waals surface area contributed by atoms with Crippen molar-refractivity contribution in [1.29, 1.82) is 0 Å². The molecule has 5 nitrogen and oxygen atoms in total. The van der Waals surface area contributed by atoms with E-state index in [0.717, 1.165) is 16.9 Å². The molecule has 0 spiro atoms. The number of nitrogens with one attached hydrogen (secondary N) is 1. The van der Waals surface area contributed by atoms with Crippen molar-refractivity contribution >= 4 is 5.91 Å². The molecule has 1 atom stereocenters. The molecule has 0 aliphatic carbocycles. The van der Waals surface area contributed by atoms with Crippen LogP contribution in [0.25, 0.3) is 5.69 Å². The van der Waals surface area contributed by atoms with Gasteiger partial charge in [0.1, 0.15) is 11.6 Å². The second kappa shape index (κ2) is 7.39. The summed E-state index contributed by atoms with van der Waals surface area (Å²) in [5, 5.41) is 7.34. The second-order valence-electron chi connectivity index (χ2n) is 6.00. The summed E-state index contributed by atoms with van der Waals surface area (Å²) in [5.41, 5.74) is 3.11.